The zero-order valence-electron chi connectivity index (χ0n) is 11.1. The van der Waals surface area contributed by atoms with Crippen molar-refractivity contribution in [3.05, 3.63) is 58.1 Å². The summed E-state index contributed by atoms with van der Waals surface area (Å²) in [5.41, 5.74) is 1.74. The predicted octanol–water partition coefficient (Wildman–Crippen LogP) is 4.75. The Balaban J connectivity index is 2.18. The summed E-state index contributed by atoms with van der Waals surface area (Å²) in [6.07, 6.45) is 3.81. The third kappa shape index (κ3) is 2.15. The molecule has 1 aromatic rings. The van der Waals surface area contributed by atoms with Crippen molar-refractivity contribution < 1.29 is 4.42 Å². The van der Waals surface area contributed by atoms with Crippen LogP contribution in [0.3, 0.4) is 0 Å². The van der Waals surface area contributed by atoms with Gasteiger partial charge in [0, 0.05) is 18.5 Å². The van der Waals surface area contributed by atoms with Crippen LogP contribution >= 0.6 is 23.8 Å². The summed E-state index contributed by atoms with van der Waals surface area (Å²) in [6, 6.07) is 9.52. The van der Waals surface area contributed by atoms with Gasteiger partial charge in [-0.05, 0) is 49.8 Å². The van der Waals surface area contributed by atoms with E-state index in [0.29, 0.717) is 9.86 Å². The second kappa shape index (κ2) is 4.72. The second-order valence-electron chi connectivity index (χ2n) is 5.12. The number of furan rings is 1. The molecule has 20 heavy (non-hydrogen) atoms. The fourth-order valence-electron chi connectivity index (χ4n) is 2.34. The van der Waals surface area contributed by atoms with Crippen LogP contribution in [0.25, 0.3) is 11.5 Å². The first-order valence-electron chi connectivity index (χ1n) is 6.22. The van der Waals surface area contributed by atoms with Crippen molar-refractivity contribution in [3.8, 4) is 11.5 Å². The molecule has 3 rings (SSSR count). The maximum absolute atomic E-state index is 5.86. The standard InChI is InChI=1S/C15H13ClN2OS/c1-15(2,10-5-6-13(16)17-9-10)18-7-3-4-12-11(18)8-14(20)19-12/h3-9H,1-2H3. The number of fused-ring (bicyclic) bond motifs is 1. The number of hydrogen-bond acceptors (Lipinski definition) is 3. The summed E-state index contributed by atoms with van der Waals surface area (Å²) < 4.78 is 8.14. The highest BCUT2D eigenvalue weighted by atomic mass is 35.5. The van der Waals surface area contributed by atoms with Crippen LogP contribution in [0, 0.1) is 4.71 Å². The van der Waals surface area contributed by atoms with Crippen LogP contribution in [0.5, 0.6) is 0 Å². The Hall–Kier alpha value is -1.65. The third-order valence-corrected chi connectivity index (χ3v) is 3.92. The normalized spacial score (nSPS) is 11.9. The van der Waals surface area contributed by atoms with Gasteiger partial charge in [0.25, 0.3) is 0 Å². The highest BCUT2D eigenvalue weighted by molar-refractivity contribution is 7.71. The van der Waals surface area contributed by atoms with Gasteiger partial charge in [0.1, 0.15) is 5.15 Å². The van der Waals surface area contributed by atoms with Crippen molar-refractivity contribution in [1.82, 2.24) is 9.55 Å². The number of aromatic nitrogens is 2. The molecule has 0 radical (unpaired) electrons. The second-order valence-corrected chi connectivity index (χ2v) is 5.91. The van der Waals surface area contributed by atoms with Crippen molar-refractivity contribution in [1.29, 1.82) is 0 Å². The van der Waals surface area contributed by atoms with Crippen molar-refractivity contribution in [2.75, 3.05) is 0 Å². The molecule has 1 aromatic heterocycles. The molecule has 0 amide bonds. The minimum atomic E-state index is -0.289. The van der Waals surface area contributed by atoms with E-state index in [2.05, 4.69) is 23.4 Å². The number of hydrogen-bond donors (Lipinski definition) is 0. The Morgan fingerprint density at radius 1 is 1.30 bits per heavy atom. The van der Waals surface area contributed by atoms with Gasteiger partial charge in [-0.25, -0.2) is 4.98 Å². The SMILES string of the molecule is CC(C)(c1ccc(Cl)nc1)n1cccc2oc(=S)cc1-2. The van der Waals surface area contributed by atoms with Gasteiger partial charge in [-0.1, -0.05) is 17.7 Å². The molecule has 102 valence electrons. The van der Waals surface area contributed by atoms with Crippen LogP contribution in [-0.4, -0.2) is 9.55 Å². The van der Waals surface area contributed by atoms with Crippen molar-refractivity contribution >= 4 is 23.8 Å². The minimum Gasteiger partial charge on any atom is -0.444 e. The lowest BCUT2D eigenvalue weighted by Crippen LogP contribution is -2.28. The van der Waals surface area contributed by atoms with E-state index in [1.54, 1.807) is 12.3 Å². The van der Waals surface area contributed by atoms with Gasteiger partial charge >= 0.3 is 0 Å². The lowest BCUT2D eigenvalue weighted by atomic mass is 9.94. The largest absolute Gasteiger partial charge is 0.444 e. The van der Waals surface area contributed by atoms with Crippen LogP contribution in [0.15, 0.2) is 47.1 Å². The fourth-order valence-corrected chi connectivity index (χ4v) is 2.65. The third-order valence-electron chi connectivity index (χ3n) is 3.50. The molecule has 0 fully saturated rings. The van der Waals surface area contributed by atoms with Crippen LogP contribution < -0.4 is 0 Å². The molecular weight excluding hydrogens is 292 g/mol. The predicted molar refractivity (Wildman–Crippen MR) is 81.8 cm³/mol. The lowest BCUT2D eigenvalue weighted by molar-refractivity contribution is 0.433. The van der Waals surface area contributed by atoms with E-state index in [-0.39, 0.29) is 5.54 Å². The van der Waals surface area contributed by atoms with Crippen molar-refractivity contribution in [2.45, 2.75) is 19.4 Å². The summed E-state index contributed by atoms with van der Waals surface area (Å²) in [5, 5.41) is 0.490. The topological polar surface area (TPSA) is 31.0 Å². The average molecular weight is 305 g/mol. The van der Waals surface area contributed by atoms with E-state index in [1.807, 2.05) is 30.5 Å². The molecule has 0 saturated heterocycles. The fraction of sp³-hybridized carbons (Fsp3) is 0.200. The molecule has 3 heterocycles. The quantitative estimate of drug-likeness (QED) is 0.506. The molecule has 2 aliphatic rings. The first kappa shape index (κ1) is 13.3. The van der Waals surface area contributed by atoms with Gasteiger partial charge < -0.3 is 8.98 Å². The summed E-state index contributed by atoms with van der Waals surface area (Å²) in [5.74, 6) is 0.785. The molecule has 0 N–H and O–H groups in total. The number of rotatable bonds is 2. The van der Waals surface area contributed by atoms with Crippen molar-refractivity contribution in [3.63, 3.8) is 0 Å². The van der Waals surface area contributed by atoms with E-state index in [0.717, 1.165) is 17.0 Å². The van der Waals surface area contributed by atoms with Crippen LogP contribution in [0.2, 0.25) is 5.15 Å². The van der Waals surface area contributed by atoms with E-state index >= 15 is 0 Å². The number of pyridine rings is 2. The average Bonchev–Trinajstić information content (AvgIpc) is 2.78. The Kier molecular flexibility index (Phi) is 3.15. The Morgan fingerprint density at radius 3 is 2.80 bits per heavy atom. The first-order chi connectivity index (χ1) is 9.48. The molecule has 2 aliphatic heterocycles. The molecule has 0 aliphatic carbocycles. The molecule has 0 bridgehead atoms. The Morgan fingerprint density at radius 2 is 2.10 bits per heavy atom. The van der Waals surface area contributed by atoms with Crippen molar-refractivity contribution in [2.24, 2.45) is 0 Å². The Labute approximate surface area is 127 Å². The molecule has 0 aromatic carbocycles. The van der Waals surface area contributed by atoms with Gasteiger partial charge in [0.2, 0.25) is 0 Å². The van der Waals surface area contributed by atoms with Crippen LogP contribution in [0.4, 0.5) is 0 Å². The number of halogens is 1. The first-order valence-corrected chi connectivity index (χ1v) is 7.01. The zero-order chi connectivity index (χ0) is 14.3. The summed E-state index contributed by atoms with van der Waals surface area (Å²) in [4.78, 5) is 4.16. The minimum absolute atomic E-state index is 0.289. The van der Waals surface area contributed by atoms with Crippen LogP contribution in [0.1, 0.15) is 19.4 Å². The van der Waals surface area contributed by atoms with Gasteiger partial charge in [0.05, 0.1) is 11.2 Å². The van der Waals surface area contributed by atoms with E-state index < -0.39 is 0 Å². The van der Waals surface area contributed by atoms with Gasteiger partial charge in [-0.15, -0.1) is 0 Å². The van der Waals surface area contributed by atoms with Gasteiger partial charge in [-0.3, -0.25) is 0 Å². The molecule has 0 spiro atoms. The molecule has 5 heteroatoms. The molecular formula is C15H13ClN2OS. The zero-order valence-corrected chi connectivity index (χ0v) is 12.7. The summed E-state index contributed by atoms with van der Waals surface area (Å²) >= 11 is 11.0. The van der Waals surface area contributed by atoms with E-state index in [4.69, 9.17) is 28.2 Å². The van der Waals surface area contributed by atoms with Gasteiger partial charge in [-0.2, -0.15) is 0 Å². The number of nitrogens with zero attached hydrogens (tertiary/aromatic N) is 2. The summed E-state index contributed by atoms with van der Waals surface area (Å²) in [7, 11) is 0. The summed E-state index contributed by atoms with van der Waals surface area (Å²) in [6.45, 7) is 4.24. The molecule has 0 unspecified atom stereocenters. The molecule has 0 saturated carbocycles. The monoisotopic (exact) mass is 304 g/mol. The molecule has 0 atom stereocenters. The molecule has 3 nitrogen and oxygen atoms in total. The van der Waals surface area contributed by atoms with E-state index in [1.165, 1.54) is 0 Å². The highest BCUT2D eigenvalue weighted by Crippen LogP contribution is 2.33. The van der Waals surface area contributed by atoms with Crippen LogP contribution in [-0.2, 0) is 5.54 Å². The smallest absolute Gasteiger partial charge is 0.193 e. The van der Waals surface area contributed by atoms with Gasteiger partial charge in [0.15, 0.2) is 10.5 Å². The Bertz CT molecular complexity index is 773. The maximum Gasteiger partial charge on any atom is 0.193 e. The lowest BCUT2D eigenvalue weighted by Gasteiger charge is -2.30. The highest BCUT2D eigenvalue weighted by Gasteiger charge is 2.26. The maximum atomic E-state index is 5.86. The van der Waals surface area contributed by atoms with E-state index in [9.17, 15) is 0 Å².